The van der Waals surface area contributed by atoms with E-state index in [1.807, 2.05) is 6.07 Å². The SMILES string of the molecule is N#Cc1ccc(Br)c(C(=O)Cl)c1. The Morgan fingerprint density at radius 2 is 2.25 bits per heavy atom. The molecule has 0 bridgehead atoms. The molecule has 0 spiro atoms. The van der Waals surface area contributed by atoms with Crippen LogP contribution in [0.5, 0.6) is 0 Å². The maximum absolute atomic E-state index is 10.8. The molecule has 0 aromatic heterocycles. The van der Waals surface area contributed by atoms with Crippen molar-refractivity contribution < 1.29 is 4.79 Å². The Morgan fingerprint density at radius 1 is 1.58 bits per heavy atom. The van der Waals surface area contributed by atoms with Crippen LogP contribution in [0.4, 0.5) is 0 Å². The van der Waals surface area contributed by atoms with Gasteiger partial charge in [-0.15, -0.1) is 0 Å². The minimum atomic E-state index is -0.570. The van der Waals surface area contributed by atoms with Crippen LogP contribution in [0.2, 0.25) is 0 Å². The molecular weight excluding hydrogens is 241 g/mol. The number of rotatable bonds is 1. The van der Waals surface area contributed by atoms with Crippen LogP contribution in [-0.4, -0.2) is 5.24 Å². The molecule has 12 heavy (non-hydrogen) atoms. The predicted molar refractivity (Wildman–Crippen MR) is 49.0 cm³/mol. The highest BCUT2D eigenvalue weighted by molar-refractivity contribution is 9.10. The fraction of sp³-hybridized carbons (Fsp3) is 0. The molecule has 0 saturated carbocycles. The quantitative estimate of drug-likeness (QED) is 0.713. The van der Waals surface area contributed by atoms with Gasteiger partial charge >= 0.3 is 0 Å². The summed E-state index contributed by atoms with van der Waals surface area (Å²) in [7, 11) is 0. The maximum atomic E-state index is 10.8. The lowest BCUT2D eigenvalue weighted by Gasteiger charge is -1.97. The smallest absolute Gasteiger partial charge is 0.253 e. The number of carbonyl (C=O) groups excluding carboxylic acids is 1. The number of hydrogen-bond donors (Lipinski definition) is 0. The van der Waals surface area contributed by atoms with E-state index in [0.717, 1.165) is 0 Å². The van der Waals surface area contributed by atoms with E-state index in [2.05, 4.69) is 15.9 Å². The molecule has 0 aliphatic rings. The van der Waals surface area contributed by atoms with E-state index in [4.69, 9.17) is 16.9 Å². The summed E-state index contributed by atoms with van der Waals surface area (Å²) in [6.07, 6.45) is 0. The van der Waals surface area contributed by atoms with Gasteiger partial charge in [0.25, 0.3) is 5.24 Å². The summed E-state index contributed by atoms with van der Waals surface area (Å²) in [4.78, 5) is 10.8. The summed E-state index contributed by atoms with van der Waals surface area (Å²) in [6.45, 7) is 0. The fourth-order valence-corrected chi connectivity index (χ4v) is 1.44. The van der Waals surface area contributed by atoms with E-state index >= 15 is 0 Å². The molecule has 0 amide bonds. The molecule has 0 aliphatic heterocycles. The predicted octanol–water partition coefficient (Wildman–Crippen LogP) is 2.70. The van der Waals surface area contributed by atoms with Crippen molar-refractivity contribution in [1.29, 1.82) is 5.26 Å². The topological polar surface area (TPSA) is 40.9 Å². The second kappa shape index (κ2) is 3.70. The first kappa shape index (κ1) is 9.24. The van der Waals surface area contributed by atoms with Crippen LogP contribution < -0.4 is 0 Å². The van der Waals surface area contributed by atoms with Crippen molar-refractivity contribution in [2.24, 2.45) is 0 Å². The third-order valence-corrected chi connectivity index (χ3v) is 2.20. The molecule has 4 heteroatoms. The second-order valence-corrected chi connectivity index (χ2v) is 3.28. The average Bonchev–Trinajstić information content (AvgIpc) is 2.05. The Hall–Kier alpha value is -0.850. The lowest BCUT2D eigenvalue weighted by molar-refractivity contribution is 0.108. The van der Waals surface area contributed by atoms with Crippen LogP contribution in [0.3, 0.4) is 0 Å². The third kappa shape index (κ3) is 1.84. The standard InChI is InChI=1S/C8H3BrClNO/c9-7-2-1-5(4-11)3-6(7)8(10)12/h1-3H. The van der Waals surface area contributed by atoms with Gasteiger partial charge < -0.3 is 0 Å². The normalized spacial score (nSPS) is 9.08. The van der Waals surface area contributed by atoms with E-state index in [0.29, 0.717) is 15.6 Å². The fourth-order valence-electron chi connectivity index (χ4n) is 0.745. The summed E-state index contributed by atoms with van der Waals surface area (Å²) in [5.74, 6) is 0. The highest BCUT2D eigenvalue weighted by Gasteiger charge is 2.07. The highest BCUT2D eigenvalue weighted by atomic mass is 79.9. The Bertz CT molecular complexity index is 370. The van der Waals surface area contributed by atoms with E-state index < -0.39 is 5.24 Å². The summed E-state index contributed by atoms with van der Waals surface area (Å²) < 4.78 is 0.599. The first-order valence-corrected chi connectivity index (χ1v) is 4.21. The molecular formula is C8H3BrClNO. The molecule has 0 unspecified atom stereocenters. The van der Waals surface area contributed by atoms with Crippen LogP contribution in [0, 0.1) is 11.3 Å². The largest absolute Gasteiger partial charge is 0.276 e. The molecule has 0 N–H and O–H groups in total. The van der Waals surface area contributed by atoms with Crippen LogP contribution >= 0.6 is 27.5 Å². The summed E-state index contributed by atoms with van der Waals surface area (Å²) in [6, 6.07) is 6.59. The molecule has 0 aliphatic carbocycles. The van der Waals surface area contributed by atoms with Gasteiger partial charge in [-0.2, -0.15) is 5.26 Å². The van der Waals surface area contributed by atoms with E-state index in [1.165, 1.54) is 6.07 Å². The van der Waals surface area contributed by atoms with Gasteiger partial charge in [0.2, 0.25) is 0 Å². The number of halogens is 2. The molecule has 0 atom stereocenters. The zero-order valence-corrected chi connectivity index (χ0v) is 8.19. The minimum Gasteiger partial charge on any atom is -0.276 e. The lowest BCUT2D eigenvalue weighted by Crippen LogP contribution is -1.91. The van der Waals surface area contributed by atoms with Crippen molar-refractivity contribution in [2.45, 2.75) is 0 Å². The Balaban J connectivity index is 3.28. The van der Waals surface area contributed by atoms with Crippen LogP contribution in [0.25, 0.3) is 0 Å². The average molecular weight is 244 g/mol. The molecule has 1 aromatic carbocycles. The third-order valence-electron chi connectivity index (χ3n) is 1.31. The van der Waals surface area contributed by atoms with Gasteiger partial charge in [0.05, 0.1) is 11.6 Å². The van der Waals surface area contributed by atoms with E-state index in [1.54, 1.807) is 12.1 Å². The van der Waals surface area contributed by atoms with Gasteiger partial charge in [-0.05, 0) is 45.7 Å². The number of nitriles is 1. The monoisotopic (exact) mass is 243 g/mol. The van der Waals surface area contributed by atoms with E-state index in [9.17, 15) is 4.79 Å². The van der Waals surface area contributed by atoms with Crippen molar-refractivity contribution in [1.82, 2.24) is 0 Å². The van der Waals surface area contributed by atoms with Crippen molar-refractivity contribution in [3.8, 4) is 6.07 Å². The zero-order valence-electron chi connectivity index (χ0n) is 5.84. The summed E-state index contributed by atoms with van der Waals surface area (Å²) in [5.41, 5.74) is 0.734. The molecule has 60 valence electrons. The first-order chi connectivity index (χ1) is 5.65. The van der Waals surface area contributed by atoms with Gasteiger partial charge in [0.15, 0.2) is 0 Å². The van der Waals surface area contributed by atoms with Gasteiger partial charge in [0.1, 0.15) is 0 Å². The second-order valence-electron chi connectivity index (χ2n) is 2.08. The van der Waals surface area contributed by atoms with Crippen LogP contribution in [0.1, 0.15) is 15.9 Å². The minimum absolute atomic E-state index is 0.315. The maximum Gasteiger partial charge on any atom is 0.253 e. The Labute approximate surface area is 82.9 Å². The van der Waals surface area contributed by atoms with Gasteiger partial charge in [-0.25, -0.2) is 0 Å². The molecule has 1 aromatic rings. The Kier molecular flexibility index (Phi) is 2.85. The number of hydrogen-bond acceptors (Lipinski definition) is 2. The molecule has 1 rings (SSSR count). The van der Waals surface area contributed by atoms with Crippen molar-refractivity contribution in [3.05, 3.63) is 33.8 Å². The zero-order chi connectivity index (χ0) is 9.14. The lowest BCUT2D eigenvalue weighted by atomic mass is 10.1. The molecule has 0 saturated heterocycles. The highest BCUT2D eigenvalue weighted by Crippen LogP contribution is 2.19. The summed E-state index contributed by atoms with van der Waals surface area (Å²) >= 11 is 8.40. The van der Waals surface area contributed by atoms with Gasteiger partial charge in [-0.1, -0.05) is 0 Å². The van der Waals surface area contributed by atoms with Gasteiger partial charge in [-0.3, -0.25) is 4.79 Å². The van der Waals surface area contributed by atoms with E-state index in [-0.39, 0.29) is 0 Å². The number of nitrogens with zero attached hydrogens (tertiary/aromatic N) is 1. The molecule has 2 nitrogen and oxygen atoms in total. The first-order valence-electron chi connectivity index (χ1n) is 3.04. The Morgan fingerprint density at radius 3 is 2.75 bits per heavy atom. The molecule has 0 fully saturated rings. The van der Waals surface area contributed by atoms with Crippen molar-refractivity contribution in [3.63, 3.8) is 0 Å². The summed E-state index contributed by atoms with van der Waals surface area (Å²) in [5, 5.41) is 7.94. The van der Waals surface area contributed by atoms with Crippen molar-refractivity contribution >= 4 is 32.8 Å². The van der Waals surface area contributed by atoms with Gasteiger partial charge in [0, 0.05) is 10.0 Å². The van der Waals surface area contributed by atoms with Crippen molar-refractivity contribution in [2.75, 3.05) is 0 Å². The molecule has 0 radical (unpaired) electrons. The number of benzene rings is 1. The van der Waals surface area contributed by atoms with Crippen LogP contribution in [0.15, 0.2) is 22.7 Å². The molecule has 0 heterocycles. The van der Waals surface area contributed by atoms with Crippen LogP contribution in [-0.2, 0) is 0 Å². The number of carbonyl (C=O) groups is 1.